The van der Waals surface area contributed by atoms with Crippen molar-refractivity contribution in [3.63, 3.8) is 0 Å². The van der Waals surface area contributed by atoms with E-state index in [1.54, 1.807) is 36.4 Å². The zero-order chi connectivity index (χ0) is 31.0. The summed E-state index contributed by atoms with van der Waals surface area (Å²) in [6.45, 7) is 3.42. The van der Waals surface area contributed by atoms with E-state index >= 15 is 0 Å². The average molecular weight is 600 g/mol. The molecule has 0 fully saturated rings. The highest BCUT2D eigenvalue weighted by Crippen LogP contribution is 2.27. The van der Waals surface area contributed by atoms with Gasteiger partial charge in [-0.05, 0) is 66.9 Å². The van der Waals surface area contributed by atoms with Gasteiger partial charge in [-0.1, -0.05) is 72.3 Å². The van der Waals surface area contributed by atoms with Crippen molar-refractivity contribution >= 4 is 27.5 Å². The van der Waals surface area contributed by atoms with E-state index < -0.39 is 28.5 Å². The van der Waals surface area contributed by atoms with Gasteiger partial charge in [-0.3, -0.25) is 13.9 Å². The van der Waals surface area contributed by atoms with Crippen molar-refractivity contribution in [3.05, 3.63) is 125 Å². The molecule has 43 heavy (non-hydrogen) atoms. The van der Waals surface area contributed by atoms with Crippen molar-refractivity contribution in [1.29, 1.82) is 0 Å². The number of amides is 2. The van der Waals surface area contributed by atoms with Crippen LogP contribution in [0.5, 0.6) is 5.75 Å². The SMILES string of the molecule is CNC(=O)[C@@H](Cc1ccccc1)N(Cc1ccccc1C)C(=O)CN(c1ccc(OC)cc1)S(=O)(=O)c1ccc(C)cc1. The highest BCUT2D eigenvalue weighted by Gasteiger charge is 2.34. The van der Waals surface area contributed by atoms with Crippen LogP contribution in [0.4, 0.5) is 5.69 Å². The number of carbonyl (C=O) groups excluding carboxylic acids is 2. The van der Waals surface area contributed by atoms with Gasteiger partial charge in [0, 0.05) is 20.0 Å². The Labute approximate surface area is 254 Å². The Kier molecular flexibility index (Phi) is 10.2. The molecule has 0 saturated carbocycles. The van der Waals surface area contributed by atoms with Crippen molar-refractivity contribution in [1.82, 2.24) is 10.2 Å². The Bertz CT molecular complexity index is 1640. The summed E-state index contributed by atoms with van der Waals surface area (Å²) >= 11 is 0. The zero-order valence-electron chi connectivity index (χ0n) is 24.9. The molecule has 9 heteroatoms. The summed E-state index contributed by atoms with van der Waals surface area (Å²) in [4.78, 5) is 29.3. The van der Waals surface area contributed by atoms with Crippen LogP contribution in [-0.4, -0.2) is 51.9 Å². The third-order valence-electron chi connectivity index (χ3n) is 7.37. The second-order valence-electron chi connectivity index (χ2n) is 10.3. The number of benzene rings is 4. The van der Waals surface area contributed by atoms with Crippen molar-refractivity contribution in [2.45, 2.75) is 37.8 Å². The predicted octanol–water partition coefficient (Wildman–Crippen LogP) is 4.89. The van der Waals surface area contributed by atoms with Crippen LogP contribution in [0.2, 0.25) is 0 Å². The van der Waals surface area contributed by atoms with Crippen molar-refractivity contribution in [2.24, 2.45) is 0 Å². The van der Waals surface area contributed by atoms with Gasteiger partial charge in [0.1, 0.15) is 18.3 Å². The molecule has 0 aromatic heterocycles. The highest BCUT2D eigenvalue weighted by atomic mass is 32.2. The first kappa shape index (κ1) is 31.3. The van der Waals surface area contributed by atoms with Crippen molar-refractivity contribution in [2.75, 3.05) is 25.0 Å². The van der Waals surface area contributed by atoms with Gasteiger partial charge in [-0.25, -0.2) is 8.42 Å². The quantitative estimate of drug-likeness (QED) is 0.250. The molecular weight excluding hydrogens is 562 g/mol. The Morgan fingerprint density at radius 3 is 2.07 bits per heavy atom. The maximum atomic E-state index is 14.4. The summed E-state index contributed by atoms with van der Waals surface area (Å²) in [7, 11) is -1.11. The molecule has 4 aromatic rings. The van der Waals surface area contributed by atoms with E-state index in [2.05, 4.69) is 5.32 Å². The summed E-state index contributed by atoms with van der Waals surface area (Å²) in [6.07, 6.45) is 0.255. The minimum Gasteiger partial charge on any atom is -0.497 e. The molecule has 1 N–H and O–H groups in total. The standard InChI is InChI=1S/C34H37N3O5S/c1-25-14-20-31(21-15-25)43(40,41)37(29-16-18-30(42-4)19-17-29)24-33(38)36(23-28-13-9-8-10-26(28)2)32(34(39)35-3)22-27-11-6-5-7-12-27/h5-21,32H,22-24H2,1-4H3,(H,35,39)/t32-/m1/s1. The first-order chi connectivity index (χ1) is 20.6. The summed E-state index contributed by atoms with van der Waals surface area (Å²) in [5.41, 5.74) is 3.89. The van der Waals surface area contributed by atoms with E-state index in [-0.39, 0.29) is 23.8 Å². The molecule has 0 radical (unpaired) electrons. The highest BCUT2D eigenvalue weighted by molar-refractivity contribution is 7.92. The zero-order valence-corrected chi connectivity index (χ0v) is 25.7. The lowest BCUT2D eigenvalue weighted by atomic mass is 10.0. The predicted molar refractivity (Wildman–Crippen MR) is 168 cm³/mol. The van der Waals surface area contributed by atoms with Gasteiger partial charge in [0.2, 0.25) is 11.8 Å². The molecule has 0 aliphatic heterocycles. The second kappa shape index (κ2) is 14.0. The lowest BCUT2D eigenvalue weighted by molar-refractivity contribution is -0.139. The molecule has 0 aliphatic carbocycles. The van der Waals surface area contributed by atoms with E-state index in [0.717, 1.165) is 26.6 Å². The first-order valence-electron chi connectivity index (χ1n) is 14.0. The maximum absolute atomic E-state index is 14.4. The van der Waals surface area contributed by atoms with Gasteiger partial charge in [0.15, 0.2) is 0 Å². The molecule has 0 aliphatic rings. The van der Waals surface area contributed by atoms with E-state index in [1.165, 1.54) is 31.2 Å². The summed E-state index contributed by atoms with van der Waals surface area (Å²) < 4.78 is 34.5. The Hall–Kier alpha value is -4.63. The summed E-state index contributed by atoms with van der Waals surface area (Å²) in [6, 6.07) is 29.2. The Morgan fingerprint density at radius 2 is 1.47 bits per heavy atom. The van der Waals surface area contributed by atoms with Gasteiger partial charge >= 0.3 is 0 Å². The summed E-state index contributed by atoms with van der Waals surface area (Å²) in [5, 5.41) is 2.70. The Morgan fingerprint density at radius 1 is 0.837 bits per heavy atom. The lowest BCUT2D eigenvalue weighted by Gasteiger charge is -2.34. The number of aryl methyl sites for hydroxylation is 2. The number of hydrogen-bond donors (Lipinski definition) is 1. The molecule has 0 heterocycles. The molecule has 0 saturated heterocycles. The number of carbonyl (C=O) groups is 2. The fourth-order valence-electron chi connectivity index (χ4n) is 4.81. The molecule has 4 aromatic carbocycles. The largest absolute Gasteiger partial charge is 0.497 e. The van der Waals surface area contributed by atoms with E-state index in [1.807, 2.05) is 68.4 Å². The molecule has 0 bridgehead atoms. The minimum atomic E-state index is -4.17. The number of rotatable bonds is 12. The molecule has 2 amide bonds. The van der Waals surface area contributed by atoms with Crippen LogP contribution >= 0.6 is 0 Å². The molecule has 1 atom stereocenters. The van der Waals surface area contributed by atoms with Gasteiger partial charge < -0.3 is 15.0 Å². The summed E-state index contributed by atoms with van der Waals surface area (Å²) in [5.74, 6) is -0.311. The normalized spacial score (nSPS) is 11.8. The average Bonchev–Trinajstić information content (AvgIpc) is 3.02. The lowest BCUT2D eigenvalue weighted by Crippen LogP contribution is -2.53. The van der Waals surface area contributed by atoms with Gasteiger partial charge in [0.05, 0.1) is 17.7 Å². The van der Waals surface area contributed by atoms with Gasteiger partial charge in [-0.2, -0.15) is 0 Å². The number of ether oxygens (including phenoxy) is 1. The van der Waals surface area contributed by atoms with E-state index in [4.69, 9.17) is 4.74 Å². The van der Waals surface area contributed by atoms with E-state index in [0.29, 0.717) is 11.4 Å². The minimum absolute atomic E-state index is 0.0549. The Balaban J connectivity index is 1.79. The van der Waals surface area contributed by atoms with Crippen LogP contribution in [-0.2, 0) is 32.6 Å². The fourth-order valence-corrected chi connectivity index (χ4v) is 6.22. The number of anilines is 1. The molecular formula is C34H37N3O5S. The number of likely N-dealkylation sites (N-methyl/N-ethyl adjacent to an activating group) is 1. The fraction of sp³-hybridized carbons (Fsp3) is 0.235. The number of methoxy groups -OCH3 is 1. The van der Waals surface area contributed by atoms with Gasteiger partial charge in [0.25, 0.3) is 10.0 Å². The van der Waals surface area contributed by atoms with Crippen LogP contribution < -0.4 is 14.4 Å². The smallest absolute Gasteiger partial charge is 0.264 e. The second-order valence-corrected chi connectivity index (χ2v) is 12.2. The van der Waals surface area contributed by atoms with Crippen LogP contribution in [0, 0.1) is 13.8 Å². The maximum Gasteiger partial charge on any atom is 0.264 e. The van der Waals surface area contributed by atoms with Gasteiger partial charge in [-0.15, -0.1) is 0 Å². The molecule has 0 unspecified atom stereocenters. The monoisotopic (exact) mass is 599 g/mol. The molecule has 0 spiro atoms. The number of sulfonamides is 1. The van der Waals surface area contributed by atoms with Crippen LogP contribution in [0.1, 0.15) is 22.3 Å². The van der Waals surface area contributed by atoms with Crippen molar-refractivity contribution in [3.8, 4) is 5.75 Å². The van der Waals surface area contributed by atoms with Crippen LogP contribution in [0.3, 0.4) is 0 Å². The molecule has 8 nitrogen and oxygen atoms in total. The number of nitrogens with one attached hydrogen (secondary N) is 1. The number of nitrogens with zero attached hydrogens (tertiary/aromatic N) is 2. The molecule has 4 rings (SSSR count). The third kappa shape index (κ3) is 7.61. The first-order valence-corrected chi connectivity index (χ1v) is 15.4. The third-order valence-corrected chi connectivity index (χ3v) is 9.16. The van der Waals surface area contributed by atoms with Crippen molar-refractivity contribution < 1.29 is 22.7 Å². The van der Waals surface area contributed by atoms with Crippen LogP contribution in [0.25, 0.3) is 0 Å². The van der Waals surface area contributed by atoms with E-state index in [9.17, 15) is 18.0 Å². The topological polar surface area (TPSA) is 96.0 Å². The van der Waals surface area contributed by atoms with Crippen LogP contribution in [0.15, 0.2) is 108 Å². The number of hydrogen-bond acceptors (Lipinski definition) is 5. The molecule has 224 valence electrons.